The molecule has 1 unspecified atom stereocenters. The van der Waals surface area contributed by atoms with E-state index >= 15 is 0 Å². The van der Waals surface area contributed by atoms with Crippen molar-refractivity contribution in [3.63, 3.8) is 0 Å². The van der Waals surface area contributed by atoms with Crippen LogP contribution >= 0.6 is 11.8 Å². The van der Waals surface area contributed by atoms with E-state index < -0.39 is 6.10 Å². The molecule has 0 aliphatic rings. The van der Waals surface area contributed by atoms with E-state index in [9.17, 15) is 10.2 Å². The van der Waals surface area contributed by atoms with Gasteiger partial charge >= 0.3 is 0 Å². The van der Waals surface area contributed by atoms with Crippen molar-refractivity contribution in [1.82, 2.24) is 15.2 Å². The number of aliphatic hydroxyl groups excluding tert-OH is 1. The number of rotatable bonds is 8. The number of aliphatic hydroxyl groups is 1. The molecule has 0 fully saturated rings. The first-order valence-corrected chi connectivity index (χ1v) is 10.2. The van der Waals surface area contributed by atoms with Gasteiger partial charge in [0.2, 0.25) is 10.9 Å². The van der Waals surface area contributed by atoms with Gasteiger partial charge in [0.1, 0.15) is 5.69 Å². The van der Waals surface area contributed by atoms with Crippen LogP contribution < -0.4 is 9.47 Å². The Bertz CT molecular complexity index is 1120. The lowest BCUT2D eigenvalue weighted by atomic mass is 10.1. The molecule has 0 radical (unpaired) electrons. The SMILES string of the molecule is COc1cc(C(O)CSc2nnc(-c3ccco3)c(-c3ccco3)n2)cc(OC)c1O. The zero-order valence-corrected chi connectivity index (χ0v) is 17.5. The number of benzene rings is 1. The molecule has 2 N–H and O–H groups in total. The molecule has 0 aliphatic carbocycles. The van der Waals surface area contributed by atoms with Crippen molar-refractivity contribution < 1.29 is 28.5 Å². The van der Waals surface area contributed by atoms with E-state index in [1.807, 2.05) is 0 Å². The van der Waals surface area contributed by atoms with E-state index in [1.54, 1.807) is 48.9 Å². The largest absolute Gasteiger partial charge is 0.502 e. The fraction of sp³-hybridized carbons (Fsp3) is 0.190. The molecule has 10 heteroatoms. The highest BCUT2D eigenvalue weighted by Crippen LogP contribution is 2.39. The summed E-state index contributed by atoms with van der Waals surface area (Å²) in [5.74, 6) is 1.57. The molecule has 3 aromatic heterocycles. The number of aromatic hydroxyl groups is 1. The average Bonchev–Trinajstić information content (AvgIpc) is 3.52. The second kappa shape index (κ2) is 9.11. The van der Waals surface area contributed by atoms with Crippen LogP contribution in [0, 0.1) is 0 Å². The van der Waals surface area contributed by atoms with Crippen LogP contribution in [0.3, 0.4) is 0 Å². The molecule has 0 saturated carbocycles. The topological polar surface area (TPSA) is 124 Å². The van der Waals surface area contributed by atoms with E-state index in [0.717, 1.165) is 0 Å². The highest BCUT2D eigenvalue weighted by molar-refractivity contribution is 7.99. The number of aromatic nitrogens is 3. The van der Waals surface area contributed by atoms with Gasteiger partial charge in [-0.2, -0.15) is 0 Å². The van der Waals surface area contributed by atoms with E-state index in [4.69, 9.17) is 18.3 Å². The molecular formula is C21H19N3O6S. The van der Waals surface area contributed by atoms with Crippen molar-refractivity contribution in [2.75, 3.05) is 20.0 Å². The Morgan fingerprint density at radius 1 is 0.968 bits per heavy atom. The van der Waals surface area contributed by atoms with Crippen molar-refractivity contribution in [2.45, 2.75) is 11.3 Å². The summed E-state index contributed by atoms with van der Waals surface area (Å²) in [6, 6.07) is 10.1. The summed E-state index contributed by atoms with van der Waals surface area (Å²) in [4.78, 5) is 4.55. The van der Waals surface area contributed by atoms with Gasteiger partial charge in [0.05, 0.1) is 32.8 Å². The first-order chi connectivity index (χ1) is 15.1. The van der Waals surface area contributed by atoms with Gasteiger partial charge in [-0.3, -0.25) is 0 Å². The second-order valence-corrected chi connectivity index (χ2v) is 7.33. The molecule has 1 aromatic carbocycles. The van der Waals surface area contributed by atoms with Crippen LogP contribution in [-0.2, 0) is 0 Å². The maximum absolute atomic E-state index is 10.6. The maximum atomic E-state index is 10.6. The van der Waals surface area contributed by atoms with Gasteiger partial charge in [0.25, 0.3) is 0 Å². The van der Waals surface area contributed by atoms with Crippen LogP contribution in [-0.4, -0.2) is 45.4 Å². The van der Waals surface area contributed by atoms with Crippen LogP contribution in [0.2, 0.25) is 0 Å². The Hall–Kier alpha value is -3.50. The average molecular weight is 441 g/mol. The van der Waals surface area contributed by atoms with Crippen LogP contribution in [0.4, 0.5) is 0 Å². The molecule has 0 aliphatic heterocycles. The Morgan fingerprint density at radius 3 is 2.13 bits per heavy atom. The smallest absolute Gasteiger partial charge is 0.209 e. The minimum atomic E-state index is -0.895. The molecule has 0 bridgehead atoms. The summed E-state index contributed by atoms with van der Waals surface area (Å²) in [6.45, 7) is 0. The van der Waals surface area contributed by atoms with E-state index in [-0.39, 0.29) is 23.0 Å². The fourth-order valence-electron chi connectivity index (χ4n) is 2.89. The first kappa shape index (κ1) is 20.8. The summed E-state index contributed by atoms with van der Waals surface area (Å²) in [5, 5.41) is 29.5. The summed E-state index contributed by atoms with van der Waals surface area (Å²) >= 11 is 1.22. The monoisotopic (exact) mass is 441 g/mol. The van der Waals surface area contributed by atoms with Gasteiger partial charge in [-0.15, -0.1) is 10.2 Å². The van der Waals surface area contributed by atoms with Crippen molar-refractivity contribution in [3.05, 3.63) is 54.5 Å². The number of furan rings is 2. The molecule has 31 heavy (non-hydrogen) atoms. The summed E-state index contributed by atoms with van der Waals surface area (Å²) in [6.07, 6.45) is 2.20. The molecular weight excluding hydrogens is 422 g/mol. The minimum Gasteiger partial charge on any atom is -0.502 e. The highest BCUT2D eigenvalue weighted by Gasteiger charge is 2.20. The van der Waals surface area contributed by atoms with E-state index in [0.29, 0.717) is 33.6 Å². The van der Waals surface area contributed by atoms with Gasteiger partial charge in [0, 0.05) is 5.75 Å². The van der Waals surface area contributed by atoms with Crippen LogP contribution in [0.1, 0.15) is 11.7 Å². The van der Waals surface area contributed by atoms with Gasteiger partial charge in [-0.05, 0) is 42.0 Å². The number of nitrogens with zero attached hydrogens (tertiary/aromatic N) is 3. The molecule has 4 aromatic rings. The lowest BCUT2D eigenvalue weighted by molar-refractivity contribution is 0.202. The molecule has 3 heterocycles. The number of phenolic OH excluding ortho intramolecular Hbond substituents is 1. The van der Waals surface area contributed by atoms with Gasteiger partial charge in [-0.25, -0.2) is 4.98 Å². The molecule has 0 spiro atoms. The van der Waals surface area contributed by atoms with Crippen molar-refractivity contribution in [2.24, 2.45) is 0 Å². The number of hydrogen-bond donors (Lipinski definition) is 2. The van der Waals surface area contributed by atoms with Gasteiger partial charge in [0.15, 0.2) is 28.7 Å². The molecule has 0 amide bonds. The third-order valence-electron chi connectivity index (χ3n) is 4.43. The van der Waals surface area contributed by atoms with Crippen molar-refractivity contribution in [1.29, 1.82) is 0 Å². The third-order valence-corrected chi connectivity index (χ3v) is 5.35. The first-order valence-electron chi connectivity index (χ1n) is 9.19. The van der Waals surface area contributed by atoms with Crippen LogP contribution in [0.25, 0.3) is 22.9 Å². The van der Waals surface area contributed by atoms with Crippen molar-refractivity contribution >= 4 is 11.8 Å². The summed E-state index contributed by atoms with van der Waals surface area (Å²) in [7, 11) is 2.85. The van der Waals surface area contributed by atoms with Crippen molar-refractivity contribution in [3.8, 4) is 40.2 Å². The maximum Gasteiger partial charge on any atom is 0.209 e. The Balaban J connectivity index is 1.57. The Kier molecular flexibility index (Phi) is 6.10. The van der Waals surface area contributed by atoms with E-state index in [2.05, 4.69) is 15.2 Å². The zero-order valence-electron chi connectivity index (χ0n) is 16.7. The summed E-state index contributed by atoms with van der Waals surface area (Å²) < 4.78 is 21.2. The normalized spacial score (nSPS) is 12.0. The Morgan fingerprint density at radius 2 is 1.58 bits per heavy atom. The fourth-order valence-corrected chi connectivity index (χ4v) is 3.65. The zero-order chi connectivity index (χ0) is 21.8. The quantitative estimate of drug-likeness (QED) is 0.389. The standard InChI is InChI=1S/C21H19N3O6S/c1-27-16-9-12(10-17(28-2)20(16)26)13(25)11-31-21-22-18(14-5-3-7-29-14)19(23-24-21)15-6-4-8-30-15/h3-10,13,25-26H,11H2,1-2H3. The number of phenols is 1. The Labute approximate surface area is 181 Å². The summed E-state index contributed by atoms with van der Waals surface area (Å²) in [5.41, 5.74) is 1.46. The number of ether oxygens (including phenoxy) is 2. The molecule has 4 rings (SSSR count). The molecule has 1 atom stereocenters. The predicted molar refractivity (Wildman–Crippen MR) is 112 cm³/mol. The third kappa shape index (κ3) is 4.35. The molecule has 9 nitrogen and oxygen atoms in total. The minimum absolute atomic E-state index is 0.127. The van der Waals surface area contributed by atoms with Crippen LogP contribution in [0.15, 0.2) is 62.9 Å². The number of hydrogen-bond acceptors (Lipinski definition) is 10. The van der Waals surface area contributed by atoms with Crippen LogP contribution in [0.5, 0.6) is 17.2 Å². The van der Waals surface area contributed by atoms with Gasteiger partial charge < -0.3 is 28.5 Å². The second-order valence-electron chi connectivity index (χ2n) is 6.35. The predicted octanol–water partition coefficient (Wildman–Crippen LogP) is 3.94. The number of methoxy groups -OCH3 is 2. The lowest BCUT2D eigenvalue weighted by Crippen LogP contribution is -2.04. The number of thioether (sulfide) groups is 1. The van der Waals surface area contributed by atoms with Gasteiger partial charge in [-0.1, -0.05) is 11.8 Å². The van der Waals surface area contributed by atoms with E-state index in [1.165, 1.54) is 26.0 Å². The molecule has 0 saturated heterocycles. The lowest BCUT2D eigenvalue weighted by Gasteiger charge is -2.15. The highest BCUT2D eigenvalue weighted by atomic mass is 32.2. The molecule has 160 valence electrons.